The molecule has 0 N–H and O–H groups in total. The van der Waals surface area contributed by atoms with Crippen LogP contribution in [-0.2, 0) is 4.74 Å². The van der Waals surface area contributed by atoms with Gasteiger partial charge < -0.3 is 14.2 Å². The van der Waals surface area contributed by atoms with Gasteiger partial charge in [-0.15, -0.1) is 0 Å². The molecule has 0 bridgehead atoms. The van der Waals surface area contributed by atoms with E-state index in [0.29, 0.717) is 0 Å². The molecule has 4 heteroatoms. The predicted molar refractivity (Wildman–Crippen MR) is 86.4 cm³/mol. The lowest BCUT2D eigenvalue weighted by molar-refractivity contribution is 0.0505. The molecule has 3 nitrogen and oxygen atoms in total. The van der Waals surface area contributed by atoms with Gasteiger partial charge in [-0.1, -0.05) is 31.9 Å². The second kappa shape index (κ2) is 9.83. The molecule has 0 fully saturated rings. The molecule has 0 aliphatic rings. The van der Waals surface area contributed by atoms with E-state index in [2.05, 4.69) is 35.0 Å². The number of halogens is 1. The third-order valence-electron chi connectivity index (χ3n) is 2.92. The summed E-state index contributed by atoms with van der Waals surface area (Å²) in [6.45, 7) is 2.44. The number of methoxy groups -OCH3 is 2. The molecule has 0 radical (unpaired) electrons. The number of benzene rings is 1. The van der Waals surface area contributed by atoms with E-state index in [1.165, 1.54) is 19.3 Å². The maximum absolute atomic E-state index is 5.51. The molecule has 0 saturated carbocycles. The number of rotatable bonds is 9. The summed E-state index contributed by atoms with van der Waals surface area (Å²) in [6, 6.07) is 3.78. The van der Waals surface area contributed by atoms with Gasteiger partial charge in [-0.25, -0.2) is 0 Å². The van der Waals surface area contributed by atoms with Gasteiger partial charge in [0.2, 0.25) is 0 Å². The second-order valence-corrected chi connectivity index (χ2v) is 5.24. The summed E-state index contributed by atoms with van der Waals surface area (Å²) in [5.74, 6) is 1.58. The molecular formula is C16H23BrO3. The molecule has 0 aliphatic carbocycles. The van der Waals surface area contributed by atoms with Crippen LogP contribution in [0.15, 0.2) is 22.7 Å². The minimum atomic E-state index is 0.227. The van der Waals surface area contributed by atoms with Crippen molar-refractivity contribution in [2.75, 3.05) is 21.0 Å². The van der Waals surface area contributed by atoms with Gasteiger partial charge in [0.05, 0.1) is 11.6 Å². The van der Waals surface area contributed by atoms with Crippen LogP contribution in [0.25, 0.3) is 6.08 Å². The van der Waals surface area contributed by atoms with Crippen LogP contribution in [0.3, 0.4) is 0 Å². The molecule has 0 unspecified atom stereocenters. The monoisotopic (exact) mass is 342 g/mol. The molecule has 0 saturated heterocycles. The number of allylic oxidation sites excluding steroid dienone is 1. The summed E-state index contributed by atoms with van der Waals surface area (Å²) in [5, 5.41) is 0. The minimum Gasteiger partial charge on any atom is -0.496 e. The Hall–Kier alpha value is -1.00. The van der Waals surface area contributed by atoms with E-state index in [0.717, 1.165) is 28.0 Å². The molecule has 0 amide bonds. The van der Waals surface area contributed by atoms with Gasteiger partial charge in [-0.3, -0.25) is 0 Å². The number of unbranched alkanes of at least 4 members (excludes halogenated alkanes) is 3. The Balaban J connectivity index is 2.84. The molecule has 0 atom stereocenters. The first-order valence-corrected chi connectivity index (χ1v) is 7.68. The standard InChI is InChI=1S/C16H23BrO3/c1-4-5-6-7-8-9-13-14(19-3)10-11-15(16(13)17)20-12-18-2/h8-11H,4-7,12H2,1-3H3. The molecule has 0 aliphatic heterocycles. The summed E-state index contributed by atoms with van der Waals surface area (Å²) in [7, 11) is 3.28. The first-order valence-electron chi connectivity index (χ1n) is 6.89. The van der Waals surface area contributed by atoms with E-state index in [1.807, 2.05) is 12.1 Å². The van der Waals surface area contributed by atoms with Gasteiger partial charge >= 0.3 is 0 Å². The lowest BCUT2D eigenvalue weighted by Crippen LogP contribution is -2.00. The van der Waals surface area contributed by atoms with Crippen LogP contribution in [-0.4, -0.2) is 21.0 Å². The van der Waals surface area contributed by atoms with Gasteiger partial charge in [0, 0.05) is 12.7 Å². The van der Waals surface area contributed by atoms with E-state index in [1.54, 1.807) is 14.2 Å². The Bertz CT molecular complexity index is 430. The lowest BCUT2D eigenvalue weighted by Gasteiger charge is -2.12. The highest BCUT2D eigenvalue weighted by molar-refractivity contribution is 9.10. The fraction of sp³-hybridized carbons (Fsp3) is 0.500. The molecule has 20 heavy (non-hydrogen) atoms. The van der Waals surface area contributed by atoms with Gasteiger partial charge in [-0.2, -0.15) is 0 Å². The van der Waals surface area contributed by atoms with Crippen LogP contribution in [0.2, 0.25) is 0 Å². The van der Waals surface area contributed by atoms with Crippen molar-refractivity contribution < 1.29 is 14.2 Å². The third kappa shape index (κ3) is 5.17. The van der Waals surface area contributed by atoms with Crippen LogP contribution in [0.1, 0.15) is 38.2 Å². The molecule has 1 aromatic rings. The van der Waals surface area contributed by atoms with Gasteiger partial charge in [0.15, 0.2) is 6.79 Å². The predicted octanol–water partition coefficient (Wildman–Crippen LogP) is 5.03. The molecule has 112 valence electrons. The molecule has 1 aromatic carbocycles. The van der Waals surface area contributed by atoms with Crippen molar-refractivity contribution in [3.63, 3.8) is 0 Å². The summed E-state index contributed by atoms with van der Waals surface area (Å²) >= 11 is 3.57. The Morgan fingerprint density at radius 2 is 1.90 bits per heavy atom. The largest absolute Gasteiger partial charge is 0.496 e. The van der Waals surface area contributed by atoms with E-state index < -0.39 is 0 Å². The second-order valence-electron chi connectivity index (χ2n) is 4.44. The fourth-order valence-electron chi connectivity index (χ4n) is 1.84. The molecule has 1 rings (SSSR count). The van der Waals surface area contributed by atoms with E-state index in [4.69, 9.17) is 14.2 Å². The summed E-state index contributed by atoms with van der Waals surface area (Å²) in [5.41, 5.74) is 0.998. The topological polar surface area (TPSA) is 27.7 Å². The van der Waals surface area contributed by atoms with Crippen LogP contribution in [0, 0.1) is 0 Å². The molecular weight excluding hydrogens is 320 g/mol. The Morgan fingerprint density at radius 1 is 1.15 bits per heavy atom. The highest BCUT2D eigenvalue weighted by atomic mass is 79.9. The van der Waals surface area contributed by atoms with Gasteiger partial charge in [-0.05, 0) is 40.9 Å². The zero-order valence-electron chi connectivity index (χ0n) is 12.4. The summed E-state index contributed by atoms with van der Waals surface area (Å²) in [4.78, 5) is 0. The van der Waals surface area contributed by atoms with Gasteiger partial charge in [0.1, 0.15) is 11.5 Å². The van der Waals surface area contributed by atoms with E-state index in [-0.39, 0.29) is 6.79 Å². The zero-order chi connectivity index (χ0) is 14.8. The first-order chi connectivity index (χ1) is 9.74. The highest BCUT2D eigenvalue weighted by Crippen LogP contribution is 2.36. The average Bonchev–Trinajstić information content (AvgIpc) is 2.47. The zero-order valence-corrected chi connectivity index (χ0v) is 14.0. The van der Waals surface area contributed by atoms with Crippen molar-refractivity contribution in [1.82, 2.24) is 0 Å². The first kappa shape index (κ1) is 17.1. The Kier molecular flexibility index (Phi) is 8.38. The summed E-state index contributed by atoms with van der Waals surface area (Å²) < 4.78 is 16.7. The maximum atomic E-state index is 5.51. The normalized spacial score (nSPS) is 11.0. The quantitative estimate of drug-likeness (QED) is 0.465. The van der Waals surface area contributed by atoms with Crippen LogP contribution in [0.4, 0.5) is 0 Å². The van der Waals surface area contributed by atoms with Crippen molar-refractivity contribution in [2.45, 2.75) is 32.6 Å². The third-order valence-corrected chi connectivity index (χ3v) is 3.73. The Labute approximate surface area is 130 Å². The average molecular weight is 343 g/mol. The van der Waals surface area contributed by atoms with E-state index in [9.17, 15) is 0 Å². The van der Waals surface area contributed by atoms with E-state index >= 15 is 0 Å². The smallest absolute Gasteiger partial charge is 0.188 e. The Morgan fingerprint density at radius 3 is 2.55 bits per heavy atom. The number of hydrogen-bond donors (Lipinski definition) is 0. The fourth-order valence-corrected chi connectivity index (χ4v) is 2.41. The van der Waals surface area contributed by atoms with Crippen molar-refractivity contribution in [3.05, 3.63) is 28.2 Å². The molecule has 0 heterocycles. The van der Waals surface area contributed by atoms with Crippen molar-refractivity contribution >= 4 is 22.0 Å². The van der Waals surface area contributed by atoms with Crippen molar-refractivity contribution in [1.29, 1.82) is 0 Å². The number of ether oxygens (including phenoxy) is 3. The minimum absolute atomic E-state index is 0.227. The van der Waals surface area contributed by atoms with Crippen molar-refractivity contribution in [2.24, 2.45) is 0 Å². The number of hydrogen-bond acceptors (Lipinski definition) is 3. The summed E-state index contributed by atoms with van der Waals surface area (Å²) in [6.07, 6.45) is 9.05. The van der Waals surface area contributed by atoms with Crippen LogP contribution >= 0.6 is 15.9 Å². The SMILES string of the molecule is CCCCCC=Cc1c(OC)ccc(OCOC)c1Br. The van der Waals surface area contributed by atoms with Crippen LogP contribution < -0.4 is 9.47 Å². The maximum Gasteiger partial charge on any atom is 0.188 e. The van der Waals surface area contributed by atoms with Crippen LogP contribution in [0.5, 0.6) is 11.5 Å². The highest BCUT2D eigenvalue weighted by Gasteiger charge is 2.10. The lowest BCUT2D eigenvalue weighted by atomic mass is 10.1. The van der Waals surface area contributed by atoms with Crippen molar-refractivity contribution in [3.8, 4) is 11.5 Å². The van der Waals surface area contributed by atoms with Gasteiger partial charge in [0.25, 0.3) is 0 Å². The molecule has 0 spiro atoms. The molecule has 0 aromatic heterocycles.